The largest absolute Gasteiger partial charge is 0.485 e. The lowest BCUT2D eigenvalue weighted by molar-refractivity contribution is -0.111. The maximum atomic E-state index is 12.7. The van der Waals surface area contributed by atoms with Gasteiger partial charge in [-0.25, -0.2) is 4.79 Å². The first-order valence-electron chi connectivity index (χ1n) is 10.5. The van der Waals surface area contributed by atoms with Gasteiger partial charge in [0.05, 0.1) is 6.61 Å². The van der Waals surface area contributed by atoms with Crippen LogP contribution >= 0.6 is 22.9 Å². The quantitative estimate of drug-likeness (QED) is 0.319. The smallest absolute Gasteiger partial charge is 0.341 e. The second kappa shape index (κ2) is 10.1. The van der Waals surface area contributed by atoms with Gasteiger partial charge in [0.25, 0.3) is 0 Å². The Labute approximate surface area is 201 Å². The van der Waals surface area contributed by atoms with Crippen molar-refractivity contribution >= 4 is 45.9 Å². The molecule has 1 amide bonds. The lowest BCUT2D eigenvalue weighted by Gasteiger charge is -2.22. The summed E-state index contributed by atoms with van der Waals surface area (Å²) in [6, 6.07) is 14.9. The Hall–Kier alpha value is -3.35. The van der Waals surface area contributed by atoms with Crippen molar-refractivity contribution in [1.29, 1.82) is 0 Å². The van der Waals surface area contributed by atoms with Gasteiger partial charge in [-0.1, -0.05) is 41.9 Å². The number of benzene rings is 2. The molecule has 0 spiro atoms. The van der Waals surface area contributed by atoms with Crippen LogP contribution in [-0.4, -0.2) is 24.6 Å². The molecule has 2 heterocycles. The number of rotatable bonds is 6. The summed E-state index contributed by atoms with van der Waals surface area (Å²) < 4.78 is 11.2. The van der Waals surface area contributed by atoms with Gasteiger partial charge in [0.15, 0.2) is 0 Å². The molecule has 1 N–H and O–H groups in total. The minimum atomic E-state index is -0.489. The van der Waals surface area contributed by atoms with Gasteiger partial charge in [-0.05, 0) is 55.3 Å². The second-order valence-corrected chi connectivity index (χ2v) is 8.66. The number of ether oxygens (including phenoxy) is 2. The molecule has 1 aromatic heterocycles. The average molecular weight is 480 g/mol. The number of nitrogens with one attached hydrogen (secondary N) is 1. The number of para-hydroxylation sites is 1. The van der Waals surface area contributed by atoms with Crippen molar-refractivity contribution < 1.29 is 19.1 Å². The molecule has 1 atom stereocenters. The molecule has 0 bridgehead atoms. The first-order valence-corrected chi connectivity index (χ1v) is 11.7. The van der Waals surface area contributed by atoms with Crippen molar-refractivity contribution in [2.24, 2.45) is 0 Å². The first kappa shape index (κ1) is 22.8. The van der Waals surface area contributed by atoms with Crippen LogP contribution in [0.3, 0.4) is 0 Å². The van der Waals surface area contributed by atoms with Gasteiger partial charge >= 0.3 is 5.97 Å². The highest BCUT2D eigenvalue weighted by Gasteiger charge is 2.23. The zero-order valence-corrected chi connectivity index (χ0v) is 19.7. The monoisotopic (exact) mass is 479 g/mol. The van der Waals surface area contributed by atoms with E-state index >= 15 is 0 Å². The van der Waals surface area contributed by atoms with Crippen molar-refractivity contribution in [2.75, 3.05) is 11.9 Å². The predicted molar refractivity (Wildman–Crippen MR) is 133 cm³/mol. The SMILES string of the molecule is CCOC(=O)c1c(-c2ccc(Cl)cc2)csc1NC(=O)C=CC1=Cc2ccccc2OC1C. The molecule has 1 aliphatic rings. The summed E-state index contributed by atoms with van der Waals surface area (Å²) in [5.74, 6) is -0.0207. The van der Waals surface area contributed by atoms with E-state index in [0.717, 1.165) is 22.4 Å². The van der Waals surface area contributed by atoms with Crippen LogP contribution in [0.1, 0.15) is 29.8 Å². The minimum Gasteiger partial charge on any atom is -0.485 e. The lowest BCUT2D eigenvalue weighted by atomic mass is 10.0. The summed E-state index contributed by atoms with van der Waals surface area (Å²) in [6.07, 6.45) is 4.99. The van der Waals surface area contributed by atoms with E-state index in [4.69, 9.17) is 21.1 Å². The number of hydrogen-bond donors (Lipinski definition) is 1. The predicted octanol–water partition coefficient (Wildman–Crippen LogP) is 6.60. The molecule has 7 heteroatoms. The first-order chi connectivity index (χ1) is 16.0. The number of amides is 1. The van der Waals surface area contributed by atoms with Gasteiger partial charge in [-0.2, -0.15) is 0 Å². The fourth-order valence-electron chi connectivity index (χ4n) is 3.47. The normalized spacial score (nSPS) is 14.9. The van der Waals surface area contributed by atoms with Crippen molar-refractivity contribution in [3.8, 4) is 16.9 Å². The van der Waals surface area contributed by atoms with Gasteiger partial charge in [-0.3, -0.25) is 4.79 Å². The van der Waals surface area contributed by atoms with E-state index in [1.165, 1.54) is 17.4 Å². The van der Waals surface area contributed by atoms with Gasteiger partial charge in [0, 0.05) is 27.6 Å². The molecule has 0 radical (unpaired) electrons. The van der Waals surface area contributed by atoms with E-state index in [2.05, 4.69) is 5.32 Å². The number of hydrogen-bond acceptors (Lipinski definition) is 5. The van der Waals surface area contributed by atoms with Crippen molar-refractivity contribution in [2.45, 2.75) is 20.0 Å². The standard InChI is InChI=1S/C26H22ClNO4S/c1-3-31-26(30)24-21(17-8-11-20(27)12-9-17)15-33-25(24)28-23(29)13-10-18-14-19-6-4-5-7-22(19)32-16(18)2/h4-16H,3H2,1-2H3,(H,28,29). The third-order valence-electron chi connectivity index (χ3n) is 5.10. The molecule has 1 unspecified atom stereocenters. The Bertz CT molecular complexity index is 1240. The van der Waals surface area contributed by atoms with Crippen LogP contribution in [0.15, 0.2) is 71.6 Å². The molecule has 4 rings (SSSR count). The fraction of sp³-hybridized carbons (Fsp3) is 0.154. The molecule has 5 nitrogen and oxygen atoms in total. The summed E-state index contributed by atoms with van der Waals surface area (Å²) in [6.45, 7) is 3.91. The molecule has 168 valence electrons. The van der Waals surface area contributed by atoms with Gasteiger partial charge in [0.1, 0.15) is 22.4 Å². The number of carbonyl (C=O) groups excluding carboxylic acids is 2. The zero-order valence-electron chi connectivity index (χ0n) is 18.1. The van der Waals surface area contributed by atoms with E-state index in [1.54, 1.807) is 25.1 Å². The van der Waals surface area contributed by atoms with Crippen molar-refractivity contribution in [3.05, 3.63) is 87.8 Å². The Morgan fingerprint density at radius 2 is 1.94 bits per heavy atom. The average Bonchev–Trinajstić information content (AvgIpc) is 3.21. The van der Waals surface area contributed by atoms with E-state index in [0.29, 0.717) is 21.2 Å². The summed E-state index contributed by atoms with van der Waals surface area (Å²) in [4.78, 5) is 25.4. The topological polar surface area (TPSA) is 64.6 Å². The highest BCUT2D eigenvalue weighted by atomic mass is 35.5. The summed E-state index contributed by atoms with van der Waals surface area (Å²) in [7, 11) is 0. The maximum absolute atomic E-state index is 12.7. The van der Waals surface area contributed by atoms with E-state index < -0.39 is 5.97 Å². The van der Waals surface area contributed by atoms with Gasteiger partial charge in [-0.15, -0.1) is 11.3 Å². The number of fused-ring (bicyclic) bond motifs is 1. The molecule has 33 heavy (non-hydrogen) atoms. The Morgan fingerprint density at radius 1 is 1.18 bits per heavy atom. The van der Waals surface area contributed by atoms with E-state index in [-0.39, 0.29) is 18.6 Å². The van der Waals surface area contributed by atoms with Crippen LogP contribution in [0, 0.1) is 0 Å². The number of anilines is 1. The molecule has 0 aliphatic carbocycles. The number of halogens is 1. The van der Waals surface area contributed by atoms with Crippen LogP contribution < -0.4 is 10.1 Å². The minimum absolute atomic E-state index is 0.183. The third-order valence-corrected chi connectivity index (χ3v) is 6.25. The molecule has 3 aromatic rings. The molecule has 0 saturated carbocycles. The number of esters is 1. The van der Waals surface area contributed by atoms with Crippen molar-refractivity contribution in [1.82, 2.24) is 0 Å². The molecule has 0 saturated heterocycles. The van der Waals surface area contributed by atoms with E-state index in [9.17, 15) is 9.59 Å². The third kappa shape index (κ3) is 5.18. The van der Waals surface area contributed by atoms with Crippen molar-refractivity contribution in [3.63, 3.8) is 0 Å². The molecule has 1 aliphatic heterocycles. The number of carbonyl (C=O) groups is 2. The van der Waals surface area contributed by atoms with Crippen LogP contribution in [0.2, 0.25) is 5.02 Å². The number of thiophene rings is 1. The zero-order chi connectivity index (χ0) is 23.4. The summed E-state index contributed by atoms with van der Waals surface area (Å²) in [5.41, 5.74) is 3.66. The Kier molecular flexibility index (Phi) is 6.96. The second-order valence-electron chi connectivity index (χ2n) is 7.35. The van der Waals surface area contributed by atoms with Crippen LogP contribution in [0.25, 0.3) is 17.2 Å². The highest BCUT2D eigenvalue weighted by molar-refractivity contribution is 7.15. The molecule has 0 fully saturated rings. The fourth-order valence-corrected chi connectivity index (χ4v) is 4.56. The Balaban J connectivity index is 1.57. The van der Waals surface area contributed by atoms with Gasteiger partial charge in [0.2, 0.25) is 5.91 Å². The molecule has 2 aromatic carbocycles. The van der Waals surface area contributed by atoms with Crippen LogP contribution in [0.4, 0.5) is 5.00 Å². The summed E-state index contributed by atoms with van der Waals surface area (Å²) in [5, 5.41) is 5.68. The molecular weight excluding hydrogens is 458 g/mol. The van der Waals surface area contributed by atoms with Crippen LogP contribution in [0.5, 0.6) is 5.75 Å². The highest BCUT2D eigenvalue weighted by Crippen LogP contribution is 2.37. The maximum Gasteiger partial charge on any atom is 0.341 e. The van der Waals surface area contributed by atoms with E-state index in [1.807, 2.05) is 54.8 Å². The molecular formula is C26H22ClNO4S. The Morgan fingerprint density at radius 3 is 2.70 bits per heavy atom. The summed E-state index contributed by atoms with van der Waals surface area (Å²) >= 11 is 7.27. The lowest BCUT2D eigenvalue weighted by Crippen LogP contribution is -2.18. The van der Waals surface area contributed by atoms with Crippen LogP contribution in [-0.2, 0) is 9.53 Å². The van der Waals surface area contributed by atoms with Gasteiger partial charge < -0.3 is 14.8 Å².